The lowest BCUT2D eigenvalue weighted by atomic mass is 10.2. The smallest absolute Gasteiger partial charge is 0.213 e. The van der Waals surface area contributed by atoms with Gasteiger partial charge in [-0.15, -0.1) is 11.3 Å². The van der Waals surface area contributed by atoms with Crippen LogP contribution < -0.4 is 10.5 Å². The molecule has 4 heterocycles. The Bertz CT molecular complexity index is 1010. The monoisotopic (exact) mass is 456 g/mol. The summed E-state index contributed by atoms with van der Waals surface area (Å²) in [5.74, 6) is 1.14. The minimum atomic E-state index is 0.115. The normalized spacial score (nSPS) is 15.3. The van der Waals surface area contributed by atoms with E-state index in [1.807, 2.05) is 19.1 Å². The van der Waals surface area contributed by atoms with Crippen LogP contribution in [0.5, 0.6) is 5.88 Å². The Morgan fingerprint density at radius 3 is 2.77 bits per heavy atom. The molecule has 164 valence electrons. The number of anilines is 1. The van der Waals surface area contributed by atoms with Gasteiger partial charge in [-0.1, -0.05) is 11.8 Å². The maximum atomic E-state index is 5.91. The molecule has 1 aliphatic heterocycles. The van der Waals surface area contributed by atoms with Crippen molar-refractivity contribution in [3.8, 4) is 16.5 Å². The molecule has 0 aromatic carbocycles. The van der Waals surface area contributed by atoms with Crippen LogP contribution >= 0.6 is 23.1 Å². The third kappa shape index (κ3) is 5.72. The van der Waals surface area contributed by atoms with Crippen LogP contribution in [0, 0.1) is 13.8 Å². The number of aromatic nitrogens is 4. The minimum absolute atomic E-state index is 0.115. The number of rotatable bonds is 8. The van der Waals surface area contributed by atoms with E-state index in [-0.39, 0.29) is 5.25 Å². The summed E-state index contributed by atoms with van der Waals surface area (Å²) in [7, 11) is 0. The molecule has 0 spiro atoms. The van der Waals surface area contributed by atoms with Gasteiger partial charge in [-0.05, 0) is 52.8 Å². The Morgan fingerprint density at radius 1 is 1.19 bits per heavy atom. The summed E-state index contributed by atoms with van der Waals surface area (Å²) in [6.07, 6.45) is 4.37. The molecule has 1 aliphatic rings. The number of aryl methyl sites for hydroxylation is 2. The van der Waals surface area contributed by atoms with Crippen molar-refractivity contribution in [3.05, 3.63) is 40.7 Å². The van der Waals surface area contributed by atoms with Gasteiger partial charge < -0.3 is 10.5 Å². The zero-order valence-electron chi connectivity index (χ0n) is 18.2. The molecule has 7 nitrogen and oxygen atoms in total. The Hall–Kier alpha value is -2.23. The fourth-order valence-corrected chi connectivity index (χ4v) is 5.74. The van der Waals surface area contributed by atoms with Gasteiger partial charge in [-0.3, -0.25) is 4.90 Å². The molecule has 9 heteroatoms. The number of nitrogens with two attached hydrogens (primary N) is 1. The molecule has 4 rings (SSSR count). The van der Waals surface area contributed by atoms with Gasteiger partial charge in [0.15, 0.2) is 5.16 Å². The lowest BCUT2D eigenvalue weighted by Gasteiger charge is -2.14. The Morgan fingerprint density at radius 2 is 2.00 bits per heavy atom. The molecule has 0 radical (unpaired) electrons. The number of likely N-dealkylation sites (tertiary alicyclic amines) is 1. The lowest BCUT2D eigenvalue weighted by Crippen LogP contribution is -2.25. The van der Waals surface area contributed by atoms with Crippen LogP contribution in [-0.2, 0) is 0 Å². The molecule has 0 saturated carbocycles. The molecule has 0 aliphatic carbocycles. The first kappa shape index (κ1) is 22.0. The highest BCUT2D eigenvalue weighted by molar-refractivity contribution is 7.99. The van der Waals surface area contributed by atoms with E-state index in [0.717, 1.165) is 28.5 Å². The predicted molar refractivity (Wildman–Crippen MR) is 127 cm³/mol. The highest BCUT2D eigenvalue weighted by Gasteiger charge is 2.19. The van der Waals surface area contributed by atoms with Crippen molar-refractivity contribution >= 4 is 28.9 Å². The van der Waals surface area contributed by atoms with Crippen molar-refractivity contribution in [2.45, 2.75) is 44.0 Å². The number of nitrogens with zero attached hydrogens (tertiary/aromatic N) is 5. The molecular formula is C22H28N6OS2. The van der Waals surface area contributed by atoms with Crippen molar-refractivity contribution in [2.24, 2.45) is 0 Å². The van der Waals surface area contributed by atoms with Crippen LogP contribution in [0.15, 0.2) is 29.6 Å². The average Bonchev–Trinajstić information content (AvgIpc) is 3.37. The molecule has 3 aromatic rings. The molecule has 1 saturated heterocycles. The quantitative estimate of drug-likeness (QED) is 0.391. The van der Waals surface area contributed by atoms with Crippen LogP contribution in [0.4, 0.5) is 5.82 Å². The fraction of sp³-hybridized carbons (Fsp3) is 0.455. The lowest BCUT2D eigenvalue weighted by molar-refractivity contribution is 0.232. The highest BCUT2D eigenvalue weighted by Crippen LogP contribution is 2.38. The number of hydrogen-bond acceptors (Lipinski definition) is 9. The van der Waals surface area contributed by atoms with Gasteiger partial charge in [0, 0.05) is 41.0 Å². The number of pyridine rings is 1. The standard InChI is InChI=1S/C22H28N6OS2/c1-14-12-18(23)26-22(25-14)31-16(3)20-15(2)30-21(27-20)17-6-7-24-19(13-17)29-11-10-28-8-4-5-9-28/h6-7,12-13,16H,4-5,8-11H2,1-3H3,(H2,23,25,26). The molecule has 0 amide bonds. The number of ether oxygens (including phenoxy) is 1. The van der Waals surface area contributed by atoms with Crippen LogP contribution in [0.3, 0.4) is 0 Å². The SMILES string of the molecule is Cc1cc(N)nc(SC(C)c2nc(-c3ccnc(OCCN4CCCC4)c3)sc2C)n1. The number of thioether (sulfide) groups is 1. The number of nitrogen functional groups attached to an aromatic ring is 1. The number of hydrogen-bond donors (Lipinski definition) is 1. The van der Waals surface area contributed by atoms with Crippen LogP contribution in [-0.4, -0.2) is 51.1 Å². The first-order valence-corrected chi connectivity index (χ1v) is 12.2. The van der Waals surface area contributed by atoms with Crippen LogP contribution in [0.2, 0.25) is 0 Å². The largest absolute Gasteiger partial charge is 0.476 e. The van der Waals surface area contributed by atoms with E-state index in [9.17, 15) is 0 Å². The second-order valence-electron chi connectivity index (χ2n) is 7.72. The van der Waals surface area contributed by atoms with E-state index in [1.165, 1.54) is 30.8 Å². The van der Waals surface area contributed by atoms with E-state index < -0.39 is 0 Å². The summed E-state index contributed by atoms with van der Waals surface area (Å²) >= 11 is 3.26. The van der Waals surface area contributed by atoms with Gasteiger partial charge in [0.05, 0.1) is 10.9 Å². The third-order valence-electron chi connectivity index (χ3n) is 5.19. The van der Waals surface area contributed by atoms with E-state index in [0.29, 0.717) is 23.5 Å². The molecule has 1 atom stereocenters. The van der Waals surface area contributed by atoms with Gasteiger partial charge in [0.2, 0.25) is 5.88 Å². The maximum Gasteiger partial charge on any atom is 0.213 e. The molecule has 1 fully saturated rings. The van der Waals surface area contributed by atoms with Gasteiger partial charge in [-0.2, -0.15) is 0 Å². The summed E-state index contributed by atoms with van der Waals surface area (Å²) in [6.45, 7) is 10.1. The zero-order valence-corrected chi connectivity index (χ0v) is 19.8. The van der Waals surface area contributed by atoms with Gasteiger partial charge in [0.1, 0.15) is 17.4 Å². The second kappa shape index (κ2) is 9.93. The Kier molecular flexibility index (Phi) is 7.04. The molecule has 3 aromatic heterocycles. The Balaban J connectivity index is 1.43. The summed E-state index contributed by atoms with van der Waals surface area (Å²) in [5, 5.41) is 1.76. The minimum Gasteiger partial charge on any atom is -0.476 e. The summed E-state index contributed by atoms with van der Waals surface area (Å²) in [5.41, 5.74) is 8.81. The predicted octanol–water partition coefficient (Wildman–Crippen LogP) is 4.52. The maximum absolute atomic E-state index is 5.91. The van der Waals surface area contributed by atoms with Crippen molar-refractivity contribution < 1.29 is 4.74 Å². The van der Waals surface area contributed by atoms with E-state index in [2.05, 4.69) is 33.7 Å². The third-order valence-corrected chi connectivity index (χ3v) is 7.20. The van der Waals surface area contributed by atoms with Crippen LogP contribution in [0.25, 0.3) is 10.6 Å². The van der Waals surface area contributed by atoms with E-state index in [1.54, 1.807) is 35.4 Å². The van der Waals surface area contributed by atoms with Gasteiger partial charge in [0.25, 0.3) is 0 Å². The zero-order chi connectivity index (χ0) is 21.8. The summed E-state index contributed by atoms with van der Waals surface area (Å²) in [4.78, 5) is 21.7. The molecule has 31 heavy (non-hydrogen) atoms. The van der Waals surface area contributed by atoms with E-state index >= 15 is 0 Å². The summed E-state index contributed by atoms with van der Waals surface area (Å²) in [6, 6.07) is 5.74. The van der Waals surface area contributed by atoms with E-state index in [4.69, 9.17) is 15.5 Å². The van der Waals surface area contributed by atoms with Crippen molar-refractivity contribution in [3.63, 3.8) is 0 Å². The summed E-state index contributed by atoms with van der Waals surface area (Å²) < 4.78 is 5.91. The first-order valence-electron chi connectivity index (χ1n) is 10.5. The second-order valence-corrected chi connectivity index (χ2v) is 10.2. The van der Waals surface area contributed by atoms with Crippen molar-refractivity contribution in [1.29, 1.82) is 0 Å². The molecular weight excluding hydrogens is 428 g/mol. The first-order chi connectivity index (χ1) is 15.0. The van der Waals surface area contributed by atoms with Crippen molar-refractivity contribution in [2.75, 3.05) is 32.0 Å². The highest BCUT2D eigenvalue weighted by atomic mass is 32.2. The molecule has 0 bridgehead atoms. The fourth-order valence-electron chi connectivity index (χ4n) is 3.65. The Labute approximate surface area is 191 Å². The van der Waals surface area contributed by atoms with Crippen molar-refractivity contribution in [1.82, 2.24) is 24.8 Å². The molecule has 1 unspecified atom stereocenters. The average molecular weight is 457 g/mol. The number of thiazole rings is 1. The van der Waals surface area contributed by atoms with Gasteiger partial charge >= 0.3 is 0 Å². The van der Waals surface area contributed by atoms with Crippen LogP contribution in [0.1, 0.15) is 41.3 Å². The molecule has 2 N–H and O–H groups in total. The van der Waals surface area contributed by atoms with Gasteiger partial charge in [-0.25, -0.2) is 19.9 Å². The topological polar surface area (TPSA) is 90.0 Å².